The number of nitrogens with one attached hydrogen (secondary N) is 2. The fourth-order valence-corrected chi connectivity index (χ4v) is 1.70. The van der Waals surface area contributed by atoms with Gasteiger partial charge in [0.2, 0.25) is 0 Å². The number of aromatic amines is 1. The number of anilines is 1. The average molecular weight is 222 g/mol. The number of likely N-dealkylation sites (N-methyl/N-ethyl adjacent to an activating group) is 1. The van der Waals surface area contributed by atoms with Crippen LogP contribution in [-0.4, -0.2) is 40.5 Å². The molecule has 1 fully saturated rings. The number of H-pyrrole nitrogens is 1. The van der Waals surface area contributed by atoms with Gasteiger partial charge in [-0.25, -0.2) is 4.98 Å². The Kier molecular flexibility index (Phi) is 3.24. The molecule has 88 valence electrons. The fraction of sp³-hybridized carbons (Fsp3) is 0.636. The van der Waals surface area contributed by atoms with Crippen LogP contribution in [0.4, 0.5) is 5.82 Å². The van der Waals surface area contributed by atoms with E-state index in [4.69, 9.17) is 0 Å². The third-order valence-electron chi connectivity index (χ3n) is 3.07. The lowest BCUT2D eigenvalue weighted by molar-refractivity contribution is 0.257. The Balaban J connectivity index is 1.84. The molecule has 1 atom stereocenters. The highest BCUT2D eigenvalue weighted by atomic mass is 16.1. The molecule has 0 radical (unpaired) electrons. The van der Waals surface area contributed by atoms with Crippen molar-refractivity contribution < 1.29 is 0 Å². The van der Waals surface area contributed by atoms with E-state index >= 15 is 0 Å². The quantitative estimate of drug-likeness (QED) is 0.768. The number of hydrogen-bond donors (Lipinski definition) is 2. The first kappa shape index (κ1) is 11.1. The summed E-state index contributed by atoms with van der Waals surface area (Å²) < 4.78 is 0. The summed E-state index contributed by atoms with van der Waals surface area (Å²) in [6.07, 6.45) is 4.04. The smallest absolute Gasteiger partial charge is 0.252 e. The molecule has 0 spiro atoms. The third kappa shape index (κ3) is 2.82. The van der Waals surface area contributed by atoms with Gasteiger partial charge >= 0.3 is 0 Å². The molecule has 1 aliphatic rings. The molecule has 1 aliphatic carbocycles. The topological polar surface area (TPSA) is 61.0 Å². The van der Waals surface area contributed by atoms with Crippen molar-refractivity contribution in [3.63, 3.8) is 0 Å². The summed E-state index contributed by atoms with van der Waals surface area (Å²) >= 11 is 0. The van der Waals surface area contributed by atoms with E-state index < -0.39 is 0 Å². The summed E-state index contributed by atoms with van der Waals surface area (Å²) in [6, 6.07) is 2.68. The van der Waals surface area contributed by atoms with E-state index in [-0.39, 0.29) is 5.56 Å². The van der Waals surface area contributed by atoms with E-state index in [1.54, 1.807) is 0 Å². The number of nitrogens with zero attached hydrogens (tertiary/aromatic N) is 2. The molecule has 0 saturated heterocycles. The van der Waals surface area contributed by atoms with Crippen LogP contribution < -0.4 is 10.9 Å². The highest BCUT2D eigenvalue weighted by molar-refractivity contribution is 5.31. The van der Waals surface area contributed by atoms with Gasteiger partial charge < -0.3 is 10.3 Å². The van der Waals surface area contributed by atoms with Crippen LogP contribution in [0.1, 0.15) is 19.8 Å². The third-order valence-corrected chi connectivity index (χ3v) is 3.07. The minimum atomic E-state index is -0.124. The predicted molar refractivity (Wildman–Crippen MR) is 63.6 cm³/mol. The Bertz CT molecular complexity index is 399. The van der Waals surface area contributed by atoms with Gasteiger partial charge in [0.25, 0.3) is 5.56 Å². The molecule has 0 bridgehead atoms. The van der Waals surface area contributed by atoms with Crippen molar-refractivity contribution in [2.75, 3.05) is 18.9 Å². The maximum absolute atomic E-state index is 11.0. The molecule has 16 heavy (non-hydrogen) atoms. The van der Waals surface area contributed by atoms with Crippen molar-refractivity contribution in [2.45, 2.75) is 31.8 Å². The second kappa shape index (κ2) is 4.65. The van der Waals surface area contributed by atoms with Gasteiger partial charge in [-0.2, -0.15) is 0 Å². The Morgan fingerprint density at radius 1 is 1.69 bits per heavy atom. The van der Waals surface area contributed by atoms with Gasteiger partial charge in [0, 0.05) is 24.7 Å². The zero-order valence-electron chi connectivity index (χ0n) is 9.73. The normalized spacial score (nSPS) is 17.4. The predicted octanol–water partition coefficient (Wildman–Crippen LogP) is 0.664. The fourth-order valence-electron chi connectivity index (χ4n) is 1.70. The van der Waals surface area contributed by atoms with E-state index in [0.717, 1.165) is 12.6 Å². The van der Waals surface area contributed by atoms with Crippen LogP contribution in [0.3, 0.4) is 0 Å². The van der Waals surface area contributed by atoms with Crippen LogP contribution in [0.5, 0.6) is 0 Å². The molecular weight excluding hydrogens is 204 g/mol. The summed E-state index contributed by atoms with van der Waals surface area (Å²) in [5.74, 6) is 0.639. The first-order valence-electron chi connectivity index (χ1n) is 5.67. The van der Waals surface area contributed by atoms with Crippen molar-refractivity contribution in [2.24, 2.45) is 0 Å². The van der Waals surface area contributed by atoms with E-state index in [1.165, 1.54) is 25.2 Å². The second-order valence-corrected chi connectivity index (χ2v) is 4.42. The minimum Gasteiger partial charge on any atom is -0.368 e. The number of aromatic nitrogens is 2. The summed E-state index contributed by atoms with van der Waals surface area (Å²) in [5.41, 5.74) is -0.124. The molecule has 1 unspecified atom stereocenters. The van der Waals surface area contributed by atoms with E-state index in [9.17, 15) is 4.79 Å². The molecule has 5 heteroatoms. The van der Waals surface area contributed by atoms with Crippen LogP contribution in [0.2, 0.25) is 0 Å². The van der Waals surface area contributed by atoms with Crippen LogP contribution in [0.15, 0.2) is 17.2 Å². The molecule has 5 nitrogen and oxygen atoms in total. The van der Waals surface area contributed by atoms with Gasteiger partial charge in [-0.15, -0.1) is 0 Å². The molecule has 1 aromatic rings. The zero-order valence-corrected chi connectivity index (χ0v) is 9.73. The number of rotatable bonds is 5. The van der Waals surface area contributed by atoms with E-state index in [1.807, 2.05) is 0 Å². The number of hydrogen-bond acceptors (Lipinski definition) is 4. The largest absolute Gasteiger partial charge is 0.368 e. The van der Waals surface area contributed by atoms with Crippen LogP contribution in [0.25, 0.3) is 0 Å². The molecule has 1 heterocycles. The summed E-state index contributed by atoms with van der Waals surface area (Å²) in [5, 5.41) is 3.18. The summed E-state index contributed by atoms with van der Waals surface area (Å²) in [4.78, 5) is 20.0. The lowest BCUT2D eigenvalue weighted by Gasteiger charge is -2.24. The van der Waals surface area contributed by atoms with Crippen molar-refractivity contribution in [1.29, 1.82) is 0 Å². The van der Waals surface area contributed by atoms with Gasteiger partial charge in [0.05, 0.1) is 6.33 Å². The second-order valence-electron chi connectivity index (χ2n) is 4.42. The van der Waals surface area contributed by atoms with Crippen molar-refractivity contribution in [1.82, 2.24) is 14.9 Å². The van der Waals surface area contributed by atoms with Crippen LogP contribution >= 0.6 is 0 Å². The average Bonchev–Trinajstić information content (AvgIpc) is 3.09. The molecule has 2 N–H and O–H groups in total. The van der Waals surface area contributed by atoms with E-state index in [2.05, 4.69) is 34.2 Å². The van der Waals surface area contributed by atoms with Crippen LogP contribution in [0, 0.1) is 0 Å². The first-order valence-corrected chi connectivity index (χ1v) is 5.67. The van der Waals surface area contributed by atoms with Crippen LogP contribution in [-0.2, 0) is 0 Å². The van der Waals surface area contributed by atoms with Crippen molar-refractivity contribution in [3.8, 4) is 0 Å². The molecule has 1 saturated carbocycles. The monoisotopic (exact) mass is 222 g/mol. The standard InChI is InChI=1S/C11H18N4O/c1-8(15(2)9-3-4-9)6-12-10-5-11(16)14-7-13-10/h5,7-9H,3-4,6H2,1-2H3,(H2,12,13,14,16). The Morgan fingerprint density at radius 3 is 3.06 bits per heavy atom. The van der Waals surface area contributed by atoms with Gasteiger partial charge in [0.15, 0.2) is 0 Å². The molecule has 0 aromatic carbocycles. The van der Waals surface area contributed by atoms with E-state index in [0.29, 0.717) is 11.9 Å². The maximum Gasteiger partial charge on any atom is 0.252 e. The highest BCUT2D eigenvalue weighted by Crippen LogP contribution is 2.26. The lowest BCUT2D eigenvalue weighted by atomic mass is 10.3. The maximum atomic E-state index is 11.0. The molecular formula is C11H18N4O. The highest BCUT2D eigenvalue weighted by Gasteiger charge is 2.28. The summed E-state index contributed by atoms with van der Waals surface area (Å²) in [7, 11) is 2.15. The van der Waals surface area contributed by atoms with Gasteiger partial charge in [-0.05, 0) is 26.8 Å². The molecule has 2 rings (SSSR count). The minimum absolute atomic E-state index is 0.124. The van der Waals surface area contributed by atoms with Gasteiger partial charge in [-0.1, -0.05) is 0 Å². The molecule has 1 aromatic heterocycles. The van der Waals surface area contributed by atoms with Crippen molar-refractivity contribution in [3.05, 3.63) is 22.7 Å². The Labute approximate surface area is 94.9 Å². The van der Waals surface area contributed by atoms with Gasteiger partial charge in [0.1, 0.15) is 5.82 Å². The Hall–Kier alpha value is -1.36. The molecule has 0 aliphatic heterocycles. The summed E-state index contributed by atoms with van der Waals surface area (Å²) in [6.45, 7) is 2.99. The first-order chi connectivity index (χ1) is 7.66. The molecule has 0 amide bonds. The van der Waals surface area contributed by atoms with Gasteiger partial charge in [-0.3, -0.25) is 9.69 Å². The lowest BCUT2D eigenvalue weighted by Crippen LogP contribution is -2.36. The zero-order chi connectivity index (χ0) is 11.5. The van der Waals surface area contributed by atoms with Crippen molar-refractivity contribution >= 4 is 5.82 Å². The SMILES string of the molecule is CC(CNc1cc(=O)[nH]cn1)N(C)C1CC1. The Morgan fingerprint density at radius 2 is 2.44 bits per heavy atom.